The van der Waals surface area contributed by atoms with Crippen molar-refractivity contribution >= 4 is 0 Å². The minimum absolute atomic E-state index is 0. The van der Waals surface area contributed by atoms with Crippen LogP contribution >= 0.6 is 0 Å². The smallest absolute Gasteiger partial charge is 0.0106 e. The van der Waals surface area contributed by atoms with Gasteiger partial charge in [0.1, 0.15) is 0 Å². The van der Waals surface area contributed by atoms with Crippen molar-refractivity contribution in [3.63, 3.8) is 0 Å². The second kappa shape index (κ2) is 282. The SMILES string of the molecule is C.C=C.CCN.N. The lowest BCUT2D eigenvalue weighted by Crippen LogP contribution is -1.87. The van der Waals surface area contributed by atoms with Crippen molar-refractivity contribution < 1.29 is 0 Å². The van der Waals surface area contributed by atoms with E-state index >= 15 is 0 Å². The molecule has 0 rings (SSSR count). The lowest BCUT2D eigenvalue weighted by atomic mass is 10.8. The molecule has 48 valence electrons. The zero-order valence-electron chi connectivity index (χ0n) is 4.41. The summed E-state index contributed by atoms with van der Waals surface area (Å²) in [7, 11) is 0. The summed E-state index contributed by atoms with van der Waals surface area (Å²) in [5.74, 6) is 0. The summed E-state index contributed by atoms with van der Waals surface area (Å²) < 4.78 is 0. The van der Waals surface area contributed by atoms with Gasteiger partial charge in [-0.15, -0.1) is 13.2 Å². The maximum absolute atomic E-state index is 4.85. The first-order valence-corrected chi connectivity index (χ1v) is 1.62. The van der Waals surface area contributed by atoms with Gasteiger partial charge in [-0.05, 0) is 6.54 Å². The molecule has 2 heteroatoms. The largest absolute Gasteiger partial charge is 0.344 e. The van der Waals surface area contributed by atoms with Gasteiger partial charge in [0.15, 0.2) is 0 Å². The van der Waals surface area contributed by atoms with Crippen molar-refractivity contribution in [1.82, 2.24) is 6.15 Å². The fourth-order valence-electron chi connectivity index (χ4n) is 0. The molecule has 0 aromatic rings. The average Bonchev–Trinajstić information content (AvgIpc) is 1.46. The van der Waals surface area contributed by atoms with Crippen molar-refractivity contribution in [3.8, 4) is 0 Å². The van der Waals surface area contributed by atoms with E-state index in [-0.39, 0.29) is 13.6 Å². The van der Waals surface area contributed by atoms with Crippen LogP contribution in [0.2, 0.25) is 0 Å². The van der Waals surface area contributed by atoms with Gasteiger partial charge in [-0.25, -0.2) is 0 Å². The Morgan fingerprint density at radius 2 is 1.43 bits per heavy atom. The first-order chi connectivity index (χ1) is 2.41. The quantitative estimate of drug-likeness (QED) is 0.460. The third-order valence-electron chi connectivity index (χ3n) is 0. The fraction of sp³-hybridized carbons (Fsp3) is 0.600. The van der Waals surface area contributed by atoms with Crippen LogP contribution in [-0.4, -0.2) is 6.54 Å². The highest BCUT2D eigenvalue weighted by molar-refractivity contribution is 4.22. The van der Waals surface area contributed by atoms with Crippen molar-refractivity contribution in [2.75, 3.05) is 6.54 Å². The Morgan fingerprint density at radius 1 is 1.43 bits per heavy atom. The van der Waals surface area contributed by atoms with Gasteiger partial charge in [0.2, 0.25) is 0 Å². The monoisotopic (exact) mass is 106 g/mol. The van der Waals surface area contributed by atoms with Gasteiger partial charge in [0.25, 0.3) is 0 Å². The van der Waals surface area contributed by atoms with Crippen LogP contribution in [0.1, 0.15) is 14.4 Å². The Kier molecular flexibility index (Phi) is 1220. The molecule has 0 atom stereocenters. The Labute approximate surface area is 47.0 Å². The summed E-state index contributed by atoms with van der Waals surface area (Å²) in [5.41, 5.74) is 4.85. The number of rotatable bonds is 0. The van der Waals surface area contributed by atoms with Crippen LogP contribution < -0.4 is 11.9 Å². The molecule has 0 aromatic carbocycles. The third kappa shape index (κ3) is 656. The Balaban J connectivity index is -0.0000000105. The standard InChI is InChI=1S/C2H7N.C2H4.CH4.H3N/c1-2-3;1-2;;/h2-3H2,1H3;1-2H2;1H4;1H3. The van der Waals surface area contributed by atoms with Crippen LogP contribution in [0.15, 0.2) is 13.2 Å². The molecule has 0 unspecified atom stereocenters. The third-order valence-corrected chi connectivity index (χ3v) is 0. The molecule has 0 aromatic heterocycles. The Hall–Kier alpha value is -0.340. The van der Waals surface area contributed by atoms with E-state index in [9.17, 15) is 0 Å². The summed E-state index contributed by atoms with van der Waals surface area (Å²) >= 11 is 0. The summed E-state index contributed by atoms with van der Waals surface area (Å²) in [6.07, 6.45) is 0. The highest BCUT2D eigenvalue weighted by Gasteiger charge is 1.32. The molecule has 0 amide bonds. The van der Waals surface area contributed by atoms with Gasteiger partial charge in [-0.3, -0.25) is 0 Å². The second-order valence-electron chi connectivity index (χ2n) is 0.408. The first-order valence-electron chi connectivity index (χ1n) is 1.62. The Bertz CT molecular complexity index is 10.0. The average molecular weight is 106 g/mol. The number of nitrogens with two attached hydrogens (primary N) is 1. The summed E-state index contributed by atoms with van der Waals surface area (Å²) in [6, 6.07) is 0. The molecule has 0 saturated carbocycles. The van der Waals surface area contributed by atoms with Gasteiger partial charge in [0, 0.05) is 0 Å². The van der Waals surface area contributed by atoms with E-state index in [4.69, 9.17) is 5.73 Å². The van der Waals surface area contributed by atoms with Crippen LogP contribution in [0.4, 0.5) is 0 Å². The molecule has 7 heavy (non-hydrogen) atoms. The molecule has 0 heterocycles. The lowest BCUT2D eigenvalue weighted by Gasteiger charge is -1.53. The van der Waals surface area contributed by atoms with Crippen molar-refractivity contribution in [2.45, 2.75) is 14.4 Å². The minimum Gasteiger partial charge on any atom is -0.344 e. The molecule has 0 bridgehead atoms. The molecule has 0 saturated heterocycles. The van der Waals surface area contributed by atoms with Crippen LogP contribution in [0.25, 0.3) is 0 Å². The molecule has 0 aliphatic rings. The summed E-state index contributed by atoms with van der Waals surface area (Å²) in [5, 5.41) is 0. The highest BCUT2D eigenvalue weighted by atomic mass is 14.5. The lowest BCUT2D eigenvalue weighted by molar-refractivity contribution is 1.14. The van der Waals surface area contributed by atoms with Gasteiger partial charge >= 0.3 is 0 Å². The van der Waals surface area contributed by atoms with E-state index in [1.807, 2.05) is 6.92 Å². The topological polar surface area (TPSA) is 61.0 Å². The molecule has 2 nitrogen and oxygen atoms in total. The highest BCUT2D eigenvalue weighted by Crippen LogP contribution is 1.20. The maximum atomic E-state index is 4.85. The predicted molar refractivity (Wildman–Crippen MR) is 37.7 cm³/mol. The molecular formula is C5H18N2. The van der Waals surface area contributed by atoms with Gasteiger partial charge in [-0.1, -0.05) is 14.4 Å². The van der Waals surface area contributed by atoms with E-state index < -0.39 is 0 Å². The van der Waals surface area contributed by atoms with Crippen LogP contribution in [-0.2, 0) is 0 Å². The zero-order chi connectivity index (χ0) is 4.71. The number of hydrogen-bond donors (Lipinski definition) is 2. The van der Waals surface area contributed by atoms with E-state index in [1.54, 1.807) is 0 Å². The normalized spacial score (nSPS) is 3.14. The van der Waals surface area contributed by atoms with Crippen molar-refractivity contribution in [3.05, 3.63) is 13.2 Å². The van der Waals surface area contributed by atoms with Crippen LogP contribution in [0.5, 0.6) is 0 Å². The molecule has 5 N–H and O–H groups in total. The van der Waals surface area contributed by atoms with E-state index in [2.05, 4.69) is 13.2 Å². The second-order valence-corrected chi connectivity index (χ2v) is 0.408. The molecule has 0 fully saturated rings. The molecule has 0 spiro atoms. The van der Waals surface area contributed by atoms with Gasteiger partial charge in [0.05, 0.1) is 0 Å². The molecule has 0 aliphatic heterocycles. The number of hydrogen-bond acceptors (Lipinski definition) is 2. The molecular weight excluding hydrogens is 88.1 g/mol. The summed E-state index contributed by atoms with van der Waals surface area (Å²) in [4.78, 5) is 0. The maximum Gasteiger partial charge on any atom is -0.0106 e. The first kappa shape index (κ1) is 30.2. The van der Waals surface area contributed by atoms with Gasteiger partial charge < -0.3 is 11.9 Å². The summed E-state index contributed by atoms with van der Waals surface area (Å²) in [6.45, 7) is 8.65. The Morgan fingerprint density at radius 3 is 1.43 bits per heavy atom. The minimum atomic E-state index is 0. The van der Waals surface area contributed by atoms with E-state index in [1.165, 1.54) is 0 Å². The molecule has 0 radical (unpaired) electrons. The van der Waals surface area contributed by atoms with E-state index in [0.29, 0.717) is 0 Å². The fourth-order valence-corrected chi connectivity index (χ4v) is 0. The van der Waals surface area contributed by atoms with Crippen LogP contribution in [0.3, 0.4) is 0 Å². The molecule has 0 aliphatic carbocycles. The van der Waals surface area contributed by atoms with Crippen molar-refractivity contribution in [1.29, 1.82) is 0 Å². The van der Waals surface area contributed by atoms with Gasteiger partial charge in [-0.2, -0.15) is 0 Å². The predicted octanol–water partition coefficient (Wildman–Crippen LogP) is 1.57. The van der Waals surface area contributed by atoms with E-state index in [0.717, 1.165) is 6.54 Å². The van der Waals surface area contributed by atoms with Crippen LogP contribution in [0, 0.1) is 0 Å². The van der Waals surface area contributed by atoms with Crippen molar-refractivity contribution in [2.24, 2.45) is 5.73 Å². The zero-order valence-corrected chi connectivity index (χ0v) is 4.41.